The first-order valence-corrected chi connectivity index (χ1v) is 5.73. The van der Waals surface area contributed by atoms with Crippen LogP contribution in [0, 0.1) is 5.92 Å². The first kappa shape index (κ1) is 17.0. The summed E-state index contributed by atoms with van der Waals surface area (Å²) in [7, 11) is 1.54. The molecule has 102 valence electrons. The molecule has 0 aliphatic carbocycles. The second kappa shape index (κ2) is 7.46. The standard InChI is InChI=1S/C12H17ClN2O2.ClH/c1-7(2)11(14)12(16)15-8-4-5-10(17-3)9(13)6-8;/h4-7,11H,14H2,1-3H3,(H,15,16);1H. The van der Waals surface area contributed by atoms with Crippen molar-refractivity contribution >= 4 is 35.6 Å². The molecule has 1 amide bonds. The number of ether oxygens (including phenoxy) is 1. The third kappa shape index (κ3) is 4.37. The van der Waals surface area contributed by atoms with Gasteiger partial charge in [0.25, 0.3) is 0 Å². The molecule has 0 heterocycles. The molecule has 1 unspecified atom stereocenters. The van der Waals surface area contributed by atoms with Gasteiger partial charge in [-0.3, -0.25) is 4.79 Å². The minimum atomic E-state index is -0.532. The highest BCUT2D eigenvalue weighted by Crippen LogP contribution is 2.27. The smallest absolute Gasteiger partial charge is 0.241 e. The number of halogens is 2. The summed E-state index contributed by atoms with van der Waals surface area (Å²) in [6.07, 6.45) is 0. The third-order valence-corrected chi connectivity index (χ3v) is 2.74. The lowest BCUT2D eigenvalue weighted by Crippen LogP contribution is -2.39. The summed E-state index contributed by atoms with van der Waals surface area (Å²) in [6.45, 7) is 3.79. The summed E-state index contributed by atoms with van der Waals surface area (Å²) in [5.74, 6) is 0.433. The van der Waals surface area contributed by atoms with Crippen LogP contribution in [-0.2, 0) is 4.79 Å². The maximum Gasteiger partial charge on any atom is 0.241 e. The van der Waals surface area contributed by atoms with E-state index in [1.165, 1.54) is 7.11 Å². The van der Waals surface area contributed by atoms with Gasteiger partial charge in [-0.25, -0.2) is 0 Å². The van der Waals surface area contributed by atoms with Crippen molar-refractivity contribution in [2.45, 2.75) is 19.9 Å². The number of carbonyl (C=O) groups is 1. The number of hydrogen-bond acceptors (Lipinski definition) is 3. The Hall–Kier alpha value is -0.970. The van der Waals surface area contributed by atoms with Gasteiger partial charge in [-0.15, -0.1) is 12.4 Å². The molecule has 0 saturated heterocycles. The predicted molar refractivity (Wildman–Crippen MR) is 76.7 cm³/mol. The van der Waals surface area contributed by atoms with Gasteiger partial charge >= 0.3 is 0 Å². The average Bonchev–Trinajstić information content (AvgIpc) is 2.28. The van der Waals surface area contributed by atoms with Gasteiger partial charge in [-0.05, 0) is 24.1 Å². The van der Waals surface area contributed by atoms with E-state index in [2.05, 4.69) is 5.32 Å². The predicted octanol–water partition coefficient (Wildman–Crippen LogP) is 2.69. The van der Waals surface area contributed by atoms with Crippen molar-refractivity contribution in [2.24, 2.45) is 11.7 Å². The van der Waals surface area contributed by atoms with Crippen LogP contribution >= 0.6 is 24.0 Å². The number of benzene rings is 1. The van der Waals surface area contributed by atoms with Crippen molar-refractivity contribution in [2.75, 3.05) is 12.4 Å². The minimum absolute atomic E-state index is 0. The molecule has 18 heavy (non-hydrogen) atoms. The normalized spacial score (nSPS) is 11.7. The molecule has 0 aromatic heterocycles. The van der Waals surface area contributed by atoms with E-state index < -0.39 is 6.04 Å². The lowest BCUT2D eigenvalue weighted by molar-refractivity contribution is -0.118. The van der Waals surface area contributed by atoms with E-state index in [1.54, 1.807) is 18.2 Å². The van der Waals surface area contributed by atoms with Crippen LogP contribution in [0.25, 0.3) is 0 Å². The van der Waals surface area contributed by atoms with Crippen molar-refractivity contribution in [3.05, 3.63) is 23.2 Å². The van der Waals surface area contributed by atoms with E-state index in [4.69, 9.17) is 22.1 Å². The molecule has 0 aliphatic rings. The number of hydrogen-bond donors (Lipinski definition) is 2. The van der Waals surface area contributed by atoms with E-state index in [0.717, 1.165) is 0 Å². The maximum absolute atomic E-state index is 11.7. The van der Waals surface area contributed by atoms with Gasteiger partial charge in [0.2, 0.25) is 5.91 Å². The first-order chi connectivity index (χ1) is 7.95. The monoisotopic (exact) mass is 292 g/mol. The molecule has 0 aliphatic heterocycles. The molecule has 1 rings (SSSR count). The number of anilines is 1. The van der Waals surface area contributed by atoms with E-state index in [9.17, 15) is 4.79 Å². The number of carbonyl (C=O) groups excluding carboxylic acids is 1. The number of nitrogens with one attached hydrogen (secondary N) is 1. The number of methoxy groups -OCH3 is 1. The zero-order valence-corrected chi connectivity index (χ0v) is 12.1. The lowest BCUT2D eigenvalue weighted by atomic mass is 10.0. The molecule has 0 saturated carbocycles. The quantitative estimate of drug-likeness (QED) is 0.897. The Morgan fingerprint density at radius 2 is 2.06 bits per heavy atom. The SMILES string of the molecule is COc1ccc(NC(=O)C(N)C(C)C)cc1Cl.Cl. The Morgan fingerprint density at radius 1 is 1.44 bits per heavy atom. The number of amides is 1. The molecule has 1 aromatic carbocycles. The number of rotatable bonds is 4. The zero-order valence-electron chi connectivity index (χ0n) is 10.6. The van der Waals surface area contributed by atoms with Crippen LogP contribution < -0.4 is 15.8 Å². The van der Waals surface area contributed by atoms with Crippen LogP contribution in [0.1, 0.15) is 13.8 Å². The molecule has 4 nitrogen and oxygen atoms in total. The van der Waals surface area contributed by atoms with Crippen LogP contribution in [0.3, 0.4) is 0 Å². The second-order valence-corrected chi connectivity index (χ2v) is 4.52. The second-order valence-electron chi connectivity index (χ2n) is 4.11. The summed E-state index contributed by atoms with van der Waals surface area (Å²) in [4.78, 5) is 11.7. The van der Waals surface area contributed by atoms with Crippen LogP contribution in [-0.4, -0.2) is 19.1 Å². The van der Waals surface area contributed by atoms with E-state index in [1.807, 2.05) is 13.8 Å². The van der Waals surface area contributed by atoms with Crippen LogP contribution in [0.2, 0.25) is 5.02 Å². The average molecular weight is 293 g/mol. The fourth-order valence-corrected chi connectivity index (χ4v) is 1.53. The molecule has 3 N–H and O–H groups in total. The van der Waals surface area contributed by atoms with Gasteiger partial charge in [0, 0.05) is 5.69 Å². The zero-order chi connectivity index (χ0) is 13.0. The highest BCUT2D eigenvalue weighted by molar-refractivity contribution is 6.32. The molecule has 0 radical (unpaired) electrons. The third-order valence-electron chi connectivity index (χ3n) is 2.44. The Balaban J connectivity index is 0.00000289. The minimum Gasteiger partial charge on any atom is -0.495 e. The van der Waals surface area contributed by atoms with Crippen LogP contribution in [0.5, 0.6) is 5.75 Å². The summed E-state index contributed by atoms with van der Waals surface area (Å²) >= 11 is 5.95. The van der Waals surface area contributed by atoms with Gasteiger partial charge in [-0.2, -0.15) is 0 Å². The van der Waals surface area contributed by atoms with Gasteiger partial charge in [0.1, 0.15) is 5.75 Å². The lowest BCUT2D eigenvalue weighted by Gasteiger charge is -2.15. The molecule has 1 atom stereocenters. The van der Waals surface area contributed by atoms with E-state index in [-0.39, 0.29) is 24.2 Å². The van der Waals surface area contributed by atoms with Gasteiger partial charge in [0.05, 0.1) is 18.2 Å². The molecule has 6 heteroatoms. The molecular weight excluding hydrogens is 275 g/mol. The van der Waals surface area contributed by atoms with Crippen molar-refractivity contribution in [1.82, 2.24) is 0 Å². The number of nitrogens with two attached hydrogens (primary N) is 1. The maximum atomic E-state index is 11.7. The molecule has 0 bridgehead atoms. The highest BCUT2D eigenvalue weighted by Gasteiger charge is 2.17. The topological polar surface area (TPSA) is 64.3 Å². The summed E-state index contributed by atoms with van der Waals surface area (Å²) in [5.41, 5.74) is 6.34. The van der Waals surface area contributed by atoms with E-state index in [0.29, 0.717) is 16.5 Å². The summed E-state index contributed by atoms with van der Waals surface area (Å²) in [6, 6.07) is 4.51. The van der Waals surface area contributed by atoms with Gasteiger partial charge in [-0.1, -0.05) is 25.4 Å². The van der Waals surface area contributed by atoms with Crippen molar-refractivity contribution in [3.63, 3.8) is 0 Å². The Labute approximate surface area is 118 Å². The Morgan fingerprint density at radius 3 is 2.50 bits per heavy atom. The van der Waals surface area contributed by atoms with Gasteiger partial charge < -0.3 is 15.8 Å². The summed E-state index contributed by atoms with van der Waals surface area (Å²) in [5, 5.41) is 3.16. The Bertz CT molecular complexity index is 411. The first-order valence-electron chi connectivity index (χ1n) is 5.35. The van der Waals surface area contributed by atoms with Crippen LogP contribution in [0.15, 0.2) is 18.2 Å². The van der Waals surface area contributed by atoms with Crippen LogP contribution in [0.4, 0.5) is 5.69 Å². The van der Waals surface area contributed by atoms with Gasteiger partial charge in [0.15, 0.2) is 0 Å². The van der Waals surface area contributed by atoms with Crippen molar-refractivity contribution in [1.29, 1.82) is 0 Å². The fourth-order valence-electron chi connectivity index (χ4n) is 1.27. The van der Waals surface area contributed by atoms with Crippen molar-refractivity contribution in [3.8, 4) is 5.75 Å². The molecular formula is C12H18Cl2N2O2. The summed E-state index contributed by atoms with van der Waals surface area (Å²) < 4.78 is 5.02. The highest BCUT2D eigenvalue weighted by atomic mass is 35.5. The molecule has 0 spiro atoms. The van der Waals surface area contributed by atoms with E-state index >= 15 is 0 Å². The molecule has 0 fully saturated rings. The molecule has 1 aromatic rings. The largest absolute Gasteiger partial charge is 0.495 e. The Kier molecular flexibility index (Phi) is 7.06. The fraction of sp³-hybridized carbons (Fsp3) is 0.417. The van der Waals surface area contributed by atoms with Crippen molar-refractivity contribution < 1.29 is 9.53 Å².